The molecule has 3 heterocycles. The average molecular weight is 417 g/mol. The van der Waals surface area contributed by atoms with Crippen LogP contribution in [0.3, 0.4) is 0 Å². The lowest BCUT2D eigenvalue weighted by atomic mass is 10.1. The number of carboxylic acid groups (broad SMARTS) is 1. The quantitative estimate of drug-likeness (QED) is 0.571. The lowest BCUT2D eigenvalue weighted by Gasteiger charge is -2.40. The number of hydrogen-bond acceptors (Lipinski definition) is 4. The van der Waals surface area contributed by atoms with E-state index < -0.39 is 28.3 Å². The largest absolute Gasteiger partial charge is 0.465 e. The van der Waals surface area contributed by atoms with Crippen molar-refractivity contribution in [3.05, 3.63) is 28.3 Å². The number of carbonyl (C=O) groups is 1. The van der Waals surface area contributed by atoms with Gasteiger partial charge in [0.25, 0.3) is 0 Å². The molecule has 0 saturated carbocycles. The van der Waals surface area contributed by atoms with E-state index in [-0.39, 0.29) is 41.9 Å². The molecule has 2 aliphatic rings. The van der Waals surface area contributed by atoms with E-state index in [1.165, 1.54) is 4.90 Å². The van der Waals surface area contributed by atoms with E-state index >= 15 is 0 Å². The highest BCUT2D eigenvalue weighted by Crippen LogP contribution is 2.36. The lowest BCUT2D eigenvalue weighted by molar-refractivity contribution is 0.114. The van der Waals surface area contributed by atoms with Crippen molar-refractivity contribution in [2.75, 3.05) is 18.0 Å². The highest BCUT2D eigenvalue weighted by Gasteiger charge is 2.43. The Kier molecular flexibility index (Phi) is 3.75. The van der Waals surface area contributed by atoms with Crippen molar-refractivity contribution < 1.29 is 23.1 Å². The number of fused-ring (bicyclic) bond motifs is 3. The summed E-state index contributed by atoms with van der Waals surface area (Å²) < 4.78 is 41.7. The number of hydrogen-bond donors (Lipinski definition) is 1. The number of halogens is 4. The summed E-state index contributed by atoms with van der Waals surface area (Å²) in [6.45, 7) is 0.571. The Labute approximate surface area is 148 Å². The molecule has 2 atom stereocenters. The molecule has 25 heavy (non-hydrogen) atoms. The van der Waals surface area contributed by atoms with E-state index in [1.807, 2.05) is 0 Å². The Morgan fingerprint density at radius 1 is 1.20 bits per heavy atom. The first-order valence-electron chi connectivity index (χ1n) is 7.63. The Balaban J connectivity index is 1.82. The van der Waals surface area contributed by atoms with Crippen LogP contribution in [-0.2, 0) is 0 Å². The molecule has 2 bridgehead atoms. The predicted molar refractivity (Wildman–Crippen MR) is 86.0 cm³/mol. The lowest BCUT2D eigenvalue weighted by Crippen LogP contribution is -2.55. The minimum absolute atomic E-state index is 0.0581. The third-order valence-corrected chi connectivity index (χ3v) is 5.51. The zero-order valence-corrected chi connectivity index (χ0v) is 14.3. The number of nitrogens with zero attached hydrogens (tertiary/aromatic N) is 4. The molecule has 1 aromatic heterocycles. The molecule has 0 spiro atoms. The summed E-state index contributed by atoms with van der Waals surface area (Å²) in [4.78, 5) is 21.6. The number of amides is 1. The van der Waals surface area contributed by atoms with E-state index in [1.54, 1.807) is 4.90 Å². The van der Waals surface area contributed by atoms with Crippen LogP contribution in [-0.4, -0.2) is 51.2 Å². The van der Waals surface area contributed by atoms with Gasteiger partial charge in [-0.2, -0.15) is 14.4 Å². The first kappa shape index (κ1) is 16.4. The summed E-state index contributed by atoms with van der Waals surface area (Å²) >= 11 is 2.78. The van der Waals surface area contributed by atoms with E-state index in [2.05, 4.69) is 25.9 Å². The van der Waals surface area contributed by atoms with Gasteiger partial charge < -0.3 is 10.0 Å². The van der Waals surface area contributed by atoms with Gasteiger partial charge in [0.1, 0.15) is 17.2 Å². The summed E-state index contributed by atoms with van der Waals surface area (Å²) in [6.07, 6.45) is -0.736. The van der Waals surface area contributed by atoms with Gasteiger partial charge in [0.2, 0.25) is 0 Å². The zero-order valence-electron chi connectivity index (χ0n) is 12.7. The van der Waals surface area contributed by atoms with E-state index in [0.29, 0.717) is 12.8 Å². The molecule has 0 radical (unpaired) electrons. The minimum Gasteiger partial charge on any atom is -0.465 e. The van der Waals surface area contributed by atoms with Gasteiger partial charge >= 0.3 is 12.2 Å². The fourth-order valence-electron chi connectivity index (χ4n) is 3.76. The van der Waals surface area contributed by atoms with Crippen LogP contribution >= 0.6 is 15.9 Å². The summed E-state index contributed by atoms with van der Waals surface area (Å²) in [6, 6.07) is 0.548. The van der Waals surface area contributed by atoms with Gasteiger partial charge in [-0.15, -0.1) is 0 Å². The molecule has 132 valence electrons. The third kappa shape index (κ3) is 2.50. The second kappa shape index (κ2) is 5.72. The average Bonchev–Trinajstić information content (AvgIpc) is 2.84. The highest BCUT2D eigenvalue weighted by molar-refractivity contribution is 9.10. The predicted octanol–water partition coefficient (Wildman–Crippen LogP) is 3.14. The van der Waals surface area contributed by atoms with Crippen LogP contribution in [0, 0.1) is 17.7 Å². The molecule has 2 fully saturated rings. The summed E-state index contributed by atoms with van der Waals surface area (Å²) in [7, 11) is 0. The fraction of sp³-hybridized carbons (Fsp3) is 0.400. The molecular weight excluding hydrogens is 405 g/mol. The van der Waals surface area contributed by atoms with Gasteiger partial charge in [0, 0.05) is 18.5 Å². The summed E-state index contributed by atoms with van der Waals surface area (Å²) in [5.41, 5.74) is -0.316. The number of anilines is 1. The van der Waals surface area contributed by atoms with Crippen molar-refractivity contribution in [2.24, 2.45) is 0 Å². The third-order valence-electron chi connectivity index (χ3n) is 4.78. The number of benzene rings is 1. The maximum Gasteiger partial charge on any atom is 0.407 e. The monoisotopic (exact) mass is 416 g/mol. The maximum absolute atomic E-state index is 14.3. The number of rotatable bonds is 1. The molecule has 2 aliphatic heterocycles. The van der Waals surface area contributed by atoms with Crippen LogP contribution in [0.5, 0.6) is 0 Å². The Morgan fingerprint density at radius 2 is 1.84 bits per heavy atom. The normalized spacial score (nSPS) is 22.7. The molecule has 2 unspecified atom stereocenters. The SMILES string of the molecule is O=C(O)N1C2CCC1CN(c1nc(F)nc3c(F)c(Br)c(F)cc13)C2. The van der Waals surface area contributed by atoms with Gasteiger partial charge in [0.05, 0.1) is 16.6 Å². The van der Waals surface area contributed by atoms with Gasteiger partial charge in [-0.25, -0.2) is 13.6 Å². The van der Waals surface area contributed by atoms with E-state index in [4.69, 9.17) is 0 Å². The van der Waals surface area contributed by atoms with Crippen LogP contribution in [0.2, 0.25) is 0 Å². The van der Waals surface area contributed by atoms with E-state index in [9.17, 15) is 23.1 Å². The Morgan fingerprint density at radius 3 is 2.44 bits per heavy atom. The smallest absolute Gasteiger partial charge is 0.407 e. The molecule has 10 heteroatoms. The first-order valence-corrected chi connectivity index (χ1v) is 8.43. The fourth-order valence-corrected chi connectivity index (χ4v) is 4.06. The number of aromatic nitrogens is 2. The minimum atomic E-state index is -1.12. The van der Waals surface area contributed by atoms with Gasteiger partial charge in [-0.1, -0.05) is 0 Å². The topological polar surface area (TPSA) is 69.6 Å². The van der Waals surface area contributed by atoms with Crippen molar-refractivity contribution in [2.45, 2.75) is 24.9 Å². The Bertz CT molecular complexity index is 883. The van der Waals surface area contributed by atoms with Crippen molar-refractivity contribution in [3.63, 3.8) is 0 Å². The van der Waals surface area contributed by atoms with Crippen LogP contribution in [0.1, 0.15) is 12.8 Å². The van der Waals surface area contributed by atoms with Gasteiger partial charge in [-0.3, -0.25) is 4.90 Å². The van der Waals surface area contributed by atoms with Gasteiger partial charge in [0.15, 0.2) is 5.82 Å². The second-order valence-electron chi connectivity index (χ2n) is 6.18. The van der Waals surface area contributed by atoms with Crippen LogP contribution in [0.15, 0.2) is 10.5 Å². The molecule has 1 amide bonds. The van der Waals surface area contributed by atoms with Crippen molar-refractivity contribution in [1.29, 1.82) is 0 Å². The van der Waals surface area contributed by atoms with Crippen LogP contribution in [0.25, 0.3) is 10.9 Å². The molecule has 1 aromatic carbocycles. The summed E-state index contributed by atoms with van der Waals surface area (Å²) in [5, 5.41) is 9.37. The summed E-state index contributed by atoms with van der Waals surface area (Å²) in [5.74, 6) is -1.76. The van der Waals surface area contributed by atoms with Crippen molar-refractivity contribution in [3.8, 4) is 0 Å². The molecule has 6 nitrogen and oxygen atoms in total. The highest BCUT2D eigenvalue weighted by atomic mass is 79.9. The molecule has 2 aromatic rings. The van der Waals surface area contributed by atoms with E-state index in [0.717, 1.165) is 6.07 Å². The van der Waals surface area contributed by atoms with Crippen molar-refractivity contribution >= 4 is 38.7 Å². The number of piperazine rings is 1. The molecule has 1 N–H and O–H groups in total. The molecular formula is C15H12BrF3N4O2. The molecule has 2 saturated heterocycles. The van der Waals surface area contributed by atoms with Crippen molar-refractivity contribution in [1.82, 2.24) is 14.9 Å². The van der Waals surface area contributed by atoms with Crippen LogP contribution in [0.4, 0.5) is 23.8 Å². The Hall–Kier alpha value is -2.10. The van der Waals surface area contributed by atoms with Crippen LogP contribution < -0.4 is 4.90 Å². The second-order valence-corrected chi connectivity index (χ2v) is 6.97. The first-order chi connectivity index (χ1) is 11.9. The standard InChI is InChI=1S/C15H12BrF3N4O2/c16-10-9(17)3-8-12(11(10)18)20-14(19)21-13(8)22-4-6-1-2-7(5-22)23(6)15(24)25/h3,6-7H,1-2,4-5H2,(H,24,25). The molecule has 4 rings (SSSR count). The maximum atomic E-state index is 14.3. The zero-order chi connectivity index (χ0) is 17.9. The molecule has 0 aliphatic carbocycles. The van der Waals surface area contributed by atoms with Gasteiger partial charge in [-0.05, 0) is 34.8 Å².